The van der Waals surface area contributed by atoms with Gasteiger partial charge < -0.3 is 10.1 Å². The van der Waals surface area contributed by atoms with Gasteiger partial charge in [0.25, 0.3) is 0 Å². The summed E-state index contributed by atoms with van der Waals surface area (Å²) < 4.78 is 19.0. The summed E-state index contributed by atoms with van der Waals surface area (Å²) >= 11 is 0. The number of rotatable bonds is 7. The molecule has 2 aromatic carbocycles. The Morgan fingerprint density at radius 1 is 1.04 bits per heavy atom. The number of hydrogen-bond donors (Lipinski definition) is 1. The maximum Gasteiger partial charge on any atom is 0.234 e. The van der Waals surface area contributed by atoms with Crippen LogP contribution in [0.1, 0.15) is 17.5 Å². The van der Waals surface area contributed by atoms with Crippen LogP contribution in [0.4, 0.5) is 4.39 Å². The fourth-order valence-electron chi connectivity index (χ4n) is 3.41. The summed E-state index contributed by atoms with van der Waals surface area (Å²) in [4.78, 5) is 16.7. The van der Waals surface area contributed by atoms with Gasteiger partial charge in [-0.3, -0.25) is 14.6 Å². The van der Waals surface area contributed by atoms with Crippen LogP contribution in [0.2, 0.25) is 0 Å². The largest absolute Gasteiger partial charge is 0.497 e. The summed E-state index contributed by atoms with van der Waals surface area (Å²) in [5.74, 6) is 0.680. The van der Waals surface area contributed by atoms with E-state index in [0.717, 1.165) is 49.5 Å². The van der Waals surface area contributed by atoms with Crippen LogP contribution in [-0.2, 0) is 17.9 Å². The Hall–Kier alpha value is -2.44. The second-order valence-electron chi connectivity index (χ2n) is 7.12. The fraction of sp³-hybridized carbons (Fsp3) is 0.409. The van der Waals surface area contributed by atoms with Crippen molar-refractivity contribution >= 4 is 5.91 Å². The Labute approximate surface area is 166 Å². The van der Waals surface area contributed by atoms with Gasteiger partial charge in [0.05, 0.1) is 13.7 Å². The van der Waals surface area contributed by atoms with Gasteiger partial charge >= 0.3 is 0 Å². The van der Waals surface area contributed by atoms with E-state index in [2.05, 4.69) is 15.1 Å². The first-order valence-electron chi connectivity index (χ1n) is 9.72. The van der Waals surface area contributed by atoms with Crippen molar-refractivity contribution in [3.63, 3.8) is 0 Å². The van der Waals surface area contributed by atoms with E-state index in [1.54, 1.807) is 13.2 Å². The topological polar surface area (TPSA) is 44.8 Å². The molecule has 0 saturated carbocycles. The van der Waals surface area contributed by atoms with Crippen molar-refractivity contribution in [3.8, 4) is 5.75 Å². The quantitative estimate of drug-likeness (QED) is 0.796. The highest BCUT2D eigenvalue weighted by Gasteiger charge is 2.18. The zero-order valence-electron chi connectivity index (χ0n) is 16.4. The summed E-state index contributed by atoms with van der Waals surface area (Å²) in [6.45, 7) is 4.95. The van der Waals surface area contributed by atoms with Crippen molar-refractivity contribution < 1.29 is 13.9 Å². The van der Waals surface area contributed by atoms with E-state index in [-0.39, 0.29) is 11.7 Å². The molecule has 1 amide bonds. The van der Waals surface area contributed by atoms with Gasteiger partial charge in [-0.15, -0.1) is 0 Å². The Balaban J connectivity index is 1.42. The Morgan fingerprint density at radius 3 is 2.50 bits per heavy atom. The first kappa shape index (κ1) is 20.3. The van der Waals surface area contributed by atoms with Crippen molar-refractivity contribution in [1.29, 1.82) is 0 Å². The molecule has 150 valence electrons. The van der Waals surface area contributed by atoms with Gasteiger partial charge in [-0.05, 0) is 43.3 Å². The molecule has 1 N–H and O–H groups in total. The zero-order chi connectivity index (χ0) is 19.8. The van der Waals surface area contributed by atoms with Crippen molar-refractivity contribution in [1.82, 2.24) is 15.1 Å². The monoisotopic (exact) mass is 385 g/mol. The Bertz CT molecular complexity index is 767. The average Bonchev–Trinajstić information content (AvgIpc) is 2.93. The lowest BCUT2D eigenvalue weighted by atomic mass is 10.2. The van der Waals surface area contributed by atoms with E-state index in [4.69, 9.17) is 4.74 Å². The molecule has 3 rings (SSSR count). The van der Waals surface area contributed by atoms with Gasteiger partial charge in [0.2, 0.25) is 5.91 Å². The van der Waals surface area contributed by atoms with Crippen LogP contribution < -0.4 is 10.1 Å². The molecule has 0 bridgehead atoms. The highest BCUT2D eigenvalue weighted by Crippen LogP contribution is 2.13. The molecule has 0 aromatic heterocycles. The van der Waals surface area contributed by atoms with Crippen LogP contribution >= 0.6 is 0 Å². The van der Waals surface area contributed by atoms with E-state index in [9.17, 15) is 9.18 Å². The summed E-state index contributed by atoms with van der Waals surface area (Å²) in [7, 11) is 1.63. The van der Waals surface area contributed by atoms with Gasteiger partial charge in [0.1, 0.15) is 11.6 Å². The molecule has 0 radical (unpaired) electrons. The number of carbonyl (C=O) groups is 1. The van der Waals surface area contributed by atoms with Crippen LogP contribution in [0.15, 0.2) is 48.5 Å². The molecule has 0 aliphatic carbocycles. The van der Waals surface area contributed by atoms with E-state index in [0.29, 0.717) is 19.6 Å². The zero-order valence-corrected chi connectivity index (χ0v) is 16.4. The second kappa shape index (κ2) is 10.2. The number of nitrogens with zero attached hydrogens (tertiary/aromatic N) is 2. The lowest BCUT2D eigenvalue weighted by Gasteiger charge is -2.21. The fourth-order valence-corrected chi connectivity index (χ4v) is 3.41. The lowest BCUT2D eigenvalue weighted by Crippen LogP contribution is -2.39. The van der Waals surface area contributed by atoms with E-state index in [1.807, 2.05) is 36.4 Å². The molecule has 5 nitrogen and oxygen atoms in total. The predicted octanol–water partition coefficient (Wildman–Crippen LogP) is 2.66. The number of carbonyl (C=O) groups excluding carboxylic acids is 1. The normalized spacial score (nSPS) is 15.8. The smallest absolute Gasteiger partial charge is 0.234 e. The number of hydrogen-bond acceptors (Lipinski definition) is 4. The van der Waals surface area contributed by atoms with Gasteiger partial charge in [-0.1, -0.05) is 30.3 Å². The summed E-state index contributed by atoms with van der Waals surface area (Å²) in [5, 5.41) is 2.98. The van der Waals surface area contributed by atoms with Crippen LogP contribution in [0.3, 0.4) is 0 Å². The van der Waals surface area contributed by atoms with Gasteiger partial charge in [0.15, 0.2) is 0 Å². The maximum atomic E-state index is 13.9. The van der Waals surface area contributed by atoms with E-state index in [1.165, 1.54) is 6.07 Å². The lowest BCUT2D eigenvalue weighted by molar-refractivity contribution is -0.122. The number of nitrogens with one attached hydrogen (secondary N) is 1. The van der Waals surface area contributed by atoms with Crippen molar-refractivity contribution in [2.75, 3.05) is 39.8 Å². The molecular weight excluding hydrogens is 357 g/mol. The highest BCUT2D eigenvalue weighted by atomic mass is 19.1. The summed E-state index contributed by atoms with van der Waals surface area (Å²) in [5.41, 5.74) is 1.77. The number of methoxy groups -OCH3 is 1. The van der Waals surface area contributed by atoms with Gasteiger partial charge in [-0.2, -0.15) is 0 Å². The third kappa shape index (κ3) is 6.04. The molecule has 0 spiro atoms. The highest BCUT2D eigenvalue weighted by molar-refractivity contribution is 5.78. The van der Waals surface area contributed by atoms with Gasteiger partial charge in [0, 0.05) is 31.7 Å². The Kier molecular flexibility index (Phi) is 7.39. The van der Waals surface area contributed by atoms with Crippen LogP contribution in [0, 0.1) is 5.82 Å². The summed E-state index contributed by atoms with van der Waals surface area (Å²) in [6.07, 6.45) is 0.972. The molecule has 1 aliphatic rings. The van der Waals surface area contributed by atoms with E-state index < -0.39 is 0 Å². The average molecular weight is 385 g/mol. The van der Waals surface area contributed by atoms with Crippen LogP contribution in [-0.4, -0.2) is 55.5 Å². The number of amides is 1. The van der Waals surface area contributed by atoms with Crippen molar-refractivity contribution in [2.45, 2.75) is 19.5 Å². The minimum absolute atomic E-state index is 0.0263. The minimum atomic E-state index is -0.151. The molecule has 1 aliphatic heterocycles. The molecule has 1 fully saturated rings. The molecule has 1 saturated heterocycles. The Morgan fingerprint density at radius 2 is 1.75 bits per heavy atom. The molecule has 6 heteroatoms. The molecular formula is C22H28FN3O2. The maximum absolute atomic E-state index is 13.9. The predicted molar refractivity (Wildman–Crippen MR) is 108 cm³/mol. The van der Waals surface area contributed by atoms with Crippen LogP contribution in [0.5, 0.6) is 5.75 Å². The third-order valence-electron chi connectivity index (χ3n) is 5.05. The molecule has 0 atom stereocenters. The number of benzene rings is 2. The van der Waals surface area contributed by atoms with Crippen molar-refractivity contribution in [3.05, 3.63) is 65.5 Å². The van der Waals surface area contributed by atoms with Crippen molar-refractivity contribution in [2.24, 2.45) is 0 Å². The molecule has 2 aromatic rings. The molecule has 28 heavy (non-hydrogen) atoms. The molecule has 1 heterocycles. The second-order valence-corrected chi connectivity index (χ2v) is 7.12. The standard InChI is InChI=1S/C22H28FN3O2/c1-28-20-9-7-18(8-10-20)15-24-22(27)17-26-12-4-11-25(13-14-26)16-19-5-2-3-6-21(19)23/h2-3,5-10H,4,11-17H2,1H3,(H,24,27). The van der Waals surface area contributed by atoms with Crippen LogP contribution in [0.25, 0.3) is 0 Å². The van der Waals surface area contributed by atoms with E-state index >= 15 is 0 Å². The summed E-state index contributed by atoms with van der Waals surface area (Å²) in [6, 6.07) is 14.6. The first-order chi connectivity index (χ1) is 13.6. The number of halogens is 1. The molecule has 0 unspecified atom stereocenters. The van der Waals surface area contributed by atoms with Gasteiger partial charge in [-0.25, -0.2) is 4.39 Å². The first-order valence-corrected chi connectivity index (χ1v) is 9.72. The minimum Gasteiger partial charge on any atom is -0.497 e. The number of ether oxygens (including phenoxy) is 1. The SMILES string of the molecule is COc1ccc(CNC(=O)CN2CCCN(Cc3ccccc3F)CC2)cc1. The third-order valence-corrected chi connectivity index (χ3v) is 5.05.